The van der Waals surface area contributed by atoms with Gasteiger partial charge in [0, 0.05) is 36.4 Å². The fraction of sp³-hybridized carbons (Fsp3) is 0.529. The van der Waals surface area contributed by atoms with Crippen molar-refractivity contribution in [3.8, 4) is 0 Å². The number of hydrogen-bond acceptors (Lipinski definition) is 3. The number of nitrogens with zero attached hydrogens (tertiary/aromatic N) is 1. The monoisotopic (exact) mass is 288 g/mol. The van der Waals surface area contributed by atoms with Crippen LogP contribution in [0.1, 0.15) is 26.3 Å². The molecule has 2 unspecified atom stereocenters. The number of thiophene rings is 1. The van der Waals surface area contributed by atoms with E-state index in [0.29, 0.717) is 18.0 Å². The largest absolute Gasteiger partial charge is 0.311 e. The predicted octanol–water partition coefficient (Wildman–Crippen LogP) is 3.72. The number of nitrogens with one attached hydrogen (secondary N) is 1. The summed E-state index contributed by atoms with van der Waals surface area (Å²) in [4.78, 5) is 2.63. The number of piperazine rings is 1. The van der Waals surface area contributed by atoms with E-state index in [4.69, 9.17) is 0 Å². The van der Waals surface area contributed by atoms with E-state index in [0.717, 1.165) is 19.6 Å². The van der Waals surface area contributed by atoms with Crippen LogP contribution in [0.5, 0.6) is 0 Å². The summed E-state index contributed by atoms with van der Waals surface area (Å²) in [7, 11) is 0. The molecule has 2 heterocycles. The second-order valence-corrected chi connectivity index (χ2v) is 7.21. The van der Waals surface area contributed by atoms with Gasteiger partial charge in [0.1, 0.15) is 0 Å². The number of fused-ring (bicyclic) bond motifs is 1. The Hall–Kier alpha value is -0.900. The van der Waals surface area contributed by atoms with Gasteiger partial charge in [-0.15, -0.1) is 11.3 Å². The average molecular weight is 288 g/mol. The smallest absolute Gasteiger partial charge is 0.0346 e. The van der Waals surface area contributed by atoms with Crippen molar-refractivity contribution in [1.29, 1.82) is 0 Å². The minimum Gasteiger partial charge on any atom is -0.311 e. The van der Waals surface area contributed by atoms with Crippen LogP contribution < -0.4 is 5.32 Å². The second kappa shape index (κ2) is 5.84. The van der Waals surface area contributed by atoms with Gasteiger partial charge in [0.15, 0.2) is 0 Å². The molecule has 0 bridgehead atoms. The summed E-state index contributed by atoms with van der Waals surface area (Å²) in [6.07, 6.45) is 0. The van der Waals surface area contributed by atoms with E-state index >= 15 is 0 Å². The van der Waals surface area contributed by atoms with Gasteiger partial charge in [-0.05, 0) is 35.2 Å². The molecular formula is C17H24N2S. The molecule has 1 aliphatic rings. The van der Waals surface area contributed by atoms with Crippen molar-refractivity contribution in [1.82, 2.24) is 10.2 Å². The Kier molecular flexibility index (Phi) is 4.11. The Morgan fingerprint density at radius 3 is 2.95 bits per heavy atom. The molecule has 3 heteroatoms. The Balaban J connectivity index is 1.79. The third kappa shape index (κ3) is 2.76. The van der Waals surface area contributed by atoms with E-state index in [1.54, 1.807) is 0 Å². The highest BCUT2D eigenvalue weighted by molar-refractivity contribution is 7.17. The van der Waals surface area contributed by atoms with Crippen molar-refractivity contribution in [2.45, 2.75) is 39.4 Å². The second-order valence-electron chi connectivity index (χ2n) is 6.29. The van der Waals surface area contributed by atoms with E-state index in [1.807, 2.05) is 11.3 Å². The van der Waals surface area contributed by atoms with Crippen LogP contribution >= 0.6 is 11.3 Å². The minimum atomic E-state index is 0.615. The quantitative estimate of drug-likeness (QED) is 0.926. The lowest BCUT2D eigenvalue weighted by molar-refractivity contribution is 0.116. The molecule has 0 spiro atoms. The standard InChI is InChI=1S/C17H24N2S/c1-12(2)16-10-19(13(3)8-18-16)9-14-11-20-17-7-5-4-6-15(14)17/h4-7,11-13,16,18H,8-10H2,1-3H3. The molecule has 1 aliphatic heterocycles. The van der Waals surface area contributed by atoms with Crippen molar-refractivity contribution < 1.29 is 0 Å². The summed E-state index contributed by atoms with van der Waals surface area (Å²) >= 11 is 1.87. The maximum Gasteiger partial charge on any atom is 0.0346 e. The molecule has 2 nitrogen and oxygen atoms in total. The first kappa shape index (κ1) is 14.1. The highest BCUT2D eigenvalue weighted by Crippen LogP contribution is 2.27. The van der Waals surface area contributed by atoms with Gasteiger partial charge in [0.05, 0.1) is 0 Å². The lowest BCUT2D eigenvalue weighted by Crippen LogP contribution is -2.56. The molecule has 1 aromatic heterocycles. The van der Waals surface area contributed by atoms with Gasteiger partial charge in [0.2, 0.25) is 0 Å². The zero-order chi connectivity index (χ0) is 14.1. The van der Waals surface area contributed by atoms with Gasteiger partial charge in [0.25, 0.3) is 0 Å². The van der Waals surface area contributed by atoms with E-state index in [1.165, 1.54) is 15.6 Å². The van der Waals surface area contributed by atoms with Gasteiger partial charge in [-0.2, -0.15) is 0 Å². The van der Waals surface area contributed by atoms with E-state index in [9.17, 15) is 0 Å². The Labute approximate surface area is 125 Å². The first-order valence-electron chi connectivity index (χ1n) is 7.57. The summed E-state index contributed by atoms with van der Waals surface area (Å²) in [6, 6.07) is 10.00. The van der Waals surface area contributed by atoms with Crippen LogP contribution in [0.15, 0.2) is 29.6 Å². The van der Waals surface area contributed by atoms with Crippen molar-refractivity contribution in [3.63, 3.8) is 0 Å². The third-order valence-electron chi connectivity index (χ3n) is 4.47. The van der Waals surface area contributed by atoms with Crippen LogP contribution in [-0.4, -0.2) is 30.1 Å². The Morgan fingerprint density at radius 1 is 1.35 bits per heavy atom. The third-order valence-corrected chi connectivity index (χ3v) is 5.48. The van der Waals surface area contributed by atoms with Crippen molar-refractivity contribution in [3.05, 3.63) is 35.2 Å². The molecule has 0 saturated carbocycles. The Bertz CT molecular complexity index is 575. The predicted molar refractivity (Wildman–Crippen MR) is 88.3 cm³/mol. The first-order chi connectivity index (χ1) is 9.65. The molecule has 0 radical (unpaired) electrons. The Morgan fingerprint density at radius 2 is 2.15 bits per heavy atom. The molecule has 2 atom stereocenters. The van der Waals surface area contributed by atoms with Crippen molar-refractivity contribution in [2.24, 2.45) is 5.92 Å². The summed E-state index contributed by atoms with van der Waals surface area (Å²) in [6.45, 7) is 10.3. The first-order valence-corrected chi connectivity index (χ1v) is 8.45. The van der Waals surface area contributed by atoms with E-state index in [2.05, 4.69) is 60.6 Å². The fourth-order valence-electron chi connectivity index (χ4n) is 2.99. The van der Waals surface area contributed by atoms with Crippen LogP contribution in [0.25, 0.3) is 10.1 Å². The summed E-state index contributed by atoms with van der Waals surface area (Å²) in [5.74, 6) is 0.698. The minimum absolute atomic E-state index is 0.615. The van der Waals surface area contributed by atoms with E-state index in [-0.39, 0.29) is 0 Å². The van der Waals surface area contributed by atoms with Gasteiger partial charge >= 0.3 is 0 Å². The number of rotatable bonds is 3. The summed E-state index contributed by atoms with van der Waals surface area (Å²) < 4.78 is 1.41. The van der Waals surface area contributed by atoms with Crippen LogP contribution in [0.3, 0.4) is 0 Å². The van der Waals surface area contributed by atoms with E-state index < -0.39 is 0 Å². The zero-order valence-electron chi connectivity index (χ0n) is 12.6. The highest BCUT2D eigenvalue weighted by atomic mass is 32.1. The molecule has 1 aromatic carbocycles. The molecule has 3 rings (SSSR count). The van der Waals surface area contributed by atoms with Crippen LogP contribution in [0.4, 0.5) is 0 Å². The molecule has 1 N–H and O–H groups in total. The molecule has 108 valence electrons. The SMILES string of the molecule is CC(C)C1CN(Cc2csc3ccccc23)C(C)CN1. The maximum atomic E-state index is 3.68. The number of benzene rings is 1. The highest BCUT2D eigenvalue weighted by Gasteiger charge is 2.27. The summed E-state index contributed by atoms with van der Waals surface area (Å²) in [5.41, 5.74) is 1.49. The van der Waals surface area contributed by atoms with Crippen LogP contribution in [0.2, 0.25) is 0 Å². The summed E-state index contributed by atoms with van der Waals surface area (Å²) in [5, 5.41) is 7.45. The van der Waals surface area contributed by atoms with Crippen molar-refractivity contribution >= 4 is 21.4 Å². The normalized spacial score (nSPS) is 24.6. The van der Waals surface area contributed by atoms with Gasteiger partial charge < -0.3 is 5.32 Å². The lowest BCUT2D eigenvalue weighted by Gasteiger charge is -2.40. The lowest BCUT2D eigenvalue weighted by atomic mass is 9.99. The van der Waals surface area contributed by atoms with Crippen LogP contribution in [0, 0.1) is 5.92 Å². The van der Waals surface area contributed by atoms with Gasteiger partial charge in [-0.3, -0.25) is 4.90 Å². The van der Waals surface area contributed by atoms with Crippen molar-refractivity contribution in [2.75, 3.05) is 13.1 Å². The maximum absolute atomic E-state index is 3.68. The molecular weight excluding hydrogens is 264 g/mol. The molecule has 1 fully saturated rings. The molecule has 1 saturated heterocycles. The molecule has 0 aliphatic carbocycles. The van der Waals surface area contributed by atoms with Gasteiger partial charge in [-0.25, -0.2) is 0 Å². The molecule has 20 heavy (non-hydrogen) atoms. The zero-order valence-corrected chi connectivity index (χ0v) is 13.4. The number of hydrogen-bond donors (Lipinski definition) is 1. The average Bonchev–Trinajstić information content (AvgIpc) is 2.84. The molecule has 0 amide bonds. The van der Waals surface area contributed by atoms with Crippen LogP contribution in [-0.2, 0) is 6.54 Å². The topological polar surface area (TPSA) is 15.3 Å². The molecule has 2 aromatic rings. The fourth-order valence-corrected chi connectivity index (χ4v) is 3.94. The van der Waals surface area contributed by atoms with Gasteiger partial charge in [-0.1, -0.05) is 32.0 Å².